The van der Waals surface area contributed by atoms with E-state index in [1.807, 2.05) is 30.5 Å². The Morgan fingerprint density at radius 2 is 2.15 bits per heavy atom. The lowest BCUT2D eigenvalue weighted by Crippen LogP contribution is -2.35. The Bertz CT molecular complexity index is 621. The minimum absolute atomic E-state index is 0.224. The molecule has 20 heavy (non-hydrogen) atoms. The van der Waals surface area contributed by atoms with Crippen LogP contribution < -0.4 is 10.6 Å². The third-order valence-electron chi connectivity index (χ3n) is 3.02. The van der Waals surface area contributed by atoms with Crippen LogP contribution in [-0.4, -0.2) is 30.6 Å². The second-order valence-electron chi connectivity index (χ2n) is 4.50. The van der Waals surface area contributed by atoms with Crippen molar-refractivity contribution in [2.24, 2.45) is 5.92 Å². The minimum Gasteiger partial charge on any atom is -0.469 e. The standard InChI is InChI=1S/C14H17N3O3/c1-9(13(18)20-2)8-16-14(19)17-12-5-3-4-11-10(12)6-7-15-11/h3-7,9,15H,8H2,1-2H3,(H2,16,17,19)/t9-/m0/s1. The number of hydrogen-bond acceptors (Lipinski definition) is 3. The zero-order chi connectivity index (χ0) is 14.5. The van der Waals surface area contributed by atoms with Gasteiger partial charge in [-0.05, 0) is 18.2 Å². The van der Waals surface area contributed by atoms with Crippen LogP contribution in [-0.2, 0) is 9.53 Å². The maximum Gasteiger partial charge on any atom is 0.319 e. The fraction of sp³-hybridized carbons (Fsp3) is 0.286. The summed E-state index contributed by atoms with van der Waals surface area (Å²) in [6.07, 6.45) is 1.81. The van der Waals surface area contributed by atoms with Crippen LogP contribution in [0.4, 0.5) is 10.5 Å². The zero-order valence-electron chi connectivity index (χ0n) is 11.4. The van der Waals surface area contributed by atoms with Crippen molar-refractivity contribution in [1.82, 2.24) is 10.3 Å². The Morgan fingerprint density at radius 1 is 1.35 bits per heavy atom. The lowest BCUT2D eigenvalue weighted by molar-refractivity contribution is -0.144. The van der Waals surface area contributed by atoms with Crippen LogP contribution >= 0.6 is 0 Å². The maximum atomic E-state index is 11.8. The number of rotatable bonds is 4. The van der Waals surface area contributed by atoms with Gasteiger partial charge in [-0.3, -0.25) is 4.79 Å². The van der Waals surface area contributed by atoms with Gasteiger partial charge in [0.2, 0.25) is 0 Å². The molecule has 6 heteroatoms. The van der Waals surface area contributed by atoms with E-state index in [-0.39, 0.29) is 24.5 Å². The van der Waals surface area contributed by atoms with E-state index in [1.54, 1.807) is 6.92 Å². The van der Waals surface area contributed by atoms with E-state index in [9.17, 15) is 9.59 Å². The summed E-state index contributed by atoms with van der Waals surface area (Å²) in [5.74, 6) is -0.730. The van der Waals surface area contributed by atoms with E-state index < -0.39 is 0 Å². The summed E-state index contributed by atoms with van der Waals surface area (Å²) < 4.78 is 4.60. The summed E-state index contributed by atoms with van der Waals surface area (Å²) in [7, 11) is 1.32. The fourth-order valence-electron chi connectivity index (χ4n) is 1.89. The number of fused-ring (bicyclic) bond motifs is 1. The lowest BCUT2D eigenvalue weighted by Gasteiger charge is -2.12. The Balaban J connectivity index is 1.95. The molecule has 0 aliphatic carbocycles. The molecule has 106 valence electrons. The topological polar surface area (TPSA) is 83.2 Å². The first-order valence-corrected chi connectivity index (χ1v) is 6.30. The van der Waals surface area contributed by atoms with E-state index >= 15 is 0 Å². The highest BCUT2D eigenvalue weighted by atomic mass is 16.5. The van der Waals surface area contributed by atoms with Gasteiger partial charge in [-0.25, -0.2) is 4.79 Å². The highest BCUT2D eigenvalue weighted by molar-refractivity contribution is 6.00. The largest absolute Gasteiger partial charge is 0.469 e. The Labute approximate surface area is 116 Å². The number of hydrogen-bond donors (Lipinski definition) is 3. The summed E-state index contributed by atoms with van der Waals surface area (Å²) in [5, 5.41) is 6.34. The fourth-order valence-corrected chi connectivity index (χ4v) is 1.89. The van der Waals surface area contributed by atoms with Gasteiger partial charge in [-0.15, -0.1) is 0 Å². The first kappa shape index (κ1) is 13.9. The second-order valence-corrected chi connectivity index (χ2v) is 4.50. The highest BCUT2D eigenvalue weighted by Crippen LogP contribution is 2.21. The molecule has 0 bridgehead atoms. The quantitative estimate of drug-likeness (QED) is 0.747. The van der Waals surface area contributed by atoms with Gasteiger partial charge in [0.15, 0.2) is 0 Å². The molecule has 1 heterocycles. The predicted octanol–water partition coefficient (Wildman–Crippen LogP) is 2.10. The van der Waals surface area contributed by atoms with Crippen molar-refractivity contribution in [2.45, 2.75) is 6.92 Å². The minimum atomic E-state index is -0.381. The van der Waals surface area contributed by atoms with Crippen LogP contribution in [0.5, 0.6) is 0 Å². The van der Waals surface area contributed by atoms with E-state index in [0.717, 1.165) is 10.9 Å². The van der Waals surface area contributed by atoms with Crippen molar-refractivity contribution in [3.63, 3.8) is 0 Å². The van der Waals surface area contributed by atoms with Crippen molar-refractivity contribution in [1.29, 1.82) is 0 Å². The van der Waals surface area contributed by atoms with Crippen molar-refractivity contribution in [2.75, 3.05) is 19.0 Å². The molecular formula is C14H17N3O3. The van der Waals surface area contributed by atoms with Gasteiger partial charge in [0.05, 0.1) is 18.7 Å². The van der Waals surface area contributed by atoms with Gasteiger partial charge in [0.1, 0.15) is 0 Å². The molecule has 1 atom stereocenters. The molecule has 1 aromatic heterocycles. The van der Waals surface area contributed by atoms with E-state index in [0.29, 0.717) is 5.69 Å². The molecule has 2 amide bonds. The molecule has 6 nitrogen and oxygen atoms in total. The number of anilines is 1. The van der Waals surface area contributed by atoms with E-state index in [4.69, 9.17) is 0 Å². The number of amides is 2. The van der Waals surface area contributed by atoms with Crippen LogP contribution in [0.15, 0.2) is 30.5 Å². The lowest BCUT2D eigenvalue weighted by atomic mass is 10.2. The molecule has 1 aromatic carbocycles. The predicted molar refractivity (Wildman–Crippen MR) is 76.5 cm³/mol. The average molecular weight is 275 g/mol. The molecule has 0 fully saturated rings. The summed E-state index contributed by atoms with van der Waals surface area (Å²) in [5.41, 5.74) is 1.66. The van der Waals surface area contributed by atoms with Crippen LogP contribution in [0.1, 0.15) is 6.92 Å². The molecule has 2 aromatic rings. The molecule has 0 saturated carbocycles. The second kappa shape index (κ2) is 6.10. The van der Waals surface area contributed by atoms with Gasteiger partial charge in [0.25, 0.3) is 0 Å². The van der Waals surface area contributed by atoms with Gasteiger partial charge in [-0.1, -0.05) is 13.0 Å². The first-order chi connectivity index (χ1) is 9.61. The number of H-pyrrole nitrogens is 1. The Morgan fingerprint density at radius 3 is 2.90 bits per heavy atom. The molecule has 2 rings (SSSR count). The third kappa shape index (κ3) is 3.09. The Hall–Kier alpha value is -2.50. The normalized spacial score (nSPS) is 11.9. The van der Waals surface area contributed by atoms with Gasteiger partial charge < -0.3 is 20.4 Å². The molecular weight excluding hydrogens is 258 g/mol. The molecule has 0 radical (unpaired) electrons. The summed E-state index contributed by atoms with van der Waals surface area (Å²) >= 11 is 0. The molecule has 0 aliphatic heterocycles. The summed E-state index contributed by atoms with van der Waals surface area (Å²) in [4.78, 5) is 26.1. The van der Waals surface area contributed by atoms with Crippen LogP contribution in [0.25, 0.3) is 10.9 Å². The monoisotopic (exact) mass is 275 g/mol. The van der Waals surface area contributed by atoms with E-state index in [2.05, 4.69) is 20.4 Å². The van der Waals surface area contributed by atoms with Crippen LogP contribution in [0.3, 0.4) is 0 Å². The molecule has 3 N–H and O–H groups in total. The van der Waals surface area contributed by atoms with Gasteiger partial charge >= 0.3 is 12.0 Å². The smallest absolute Gasteiger partial charge is 0.319 e. The summed E-state index contributed by atoms with van der Waals surface area (Å²) in [6, 6.07) is 7.14. The number of urea groups is 1. The van der Waals surface area contributed by atoms with Crippen LogP contribution in [0.2, 0.25) is 0 Å². The number of carbonyl (C=O) groups excluding carboxylic acids is 2. The van der Waals surface area contributed by atoms with Crippen molar-refractivity contribution >= 4 is 28.6 Å². The number of methoxy groups -OCH3 is 1. The van der Waals surface area contributed by atoms with Gasteiger partial charge in [0, 0.05) is 23.6 Å². The van der Waals surface area contributed by atoms with Crippen LogP contribution in [0, 0.1) is 5.92 Å². The van der Waals surface area contributed by atoms with Crippen molar-refractivity contribution in [3.8, 4) is 0 Å². The number of carbonyl (C=O) groups is 2. The number of benzene rings is 1. The van der Waals surface area contributed by atoms with E-state index in [1.165, 1.54) is 7.11 Å². The first-order valence-electron chi connectivity index (χ1n) is 6.30. The summed E-state index contributed by atoms with van der Waals surface area (Å²) in [6.45, 7) is 1.92. The maximum absolute atomic E-state index is 11.8. The molecule has 0 spiro atoms. The average Bonchev–Trinajstić information content (AvgIpc) is 2.93. The molecule has 0 unspecified atom stereocenters. The number of aromatic amines is 1. The van der Waals surface area contributed by atoms with Crippen molar-refractivity contribution in [3.05, 3.63) is 30.5 Å². The number of ether oxygens (including phenoxy) is 1. The SMILES string of the molecule is COC(=O)[C@@H](C)CNC(=O)Nc1cccc2[nH]ccc12. The van der Waals surface area contributed by atoms with Gasteiger partial charge in [-0.2, -0.15) is 0 Å². The molecule has 0 aliphatic rings. The molecule has 0 saturated heterocycles. The zero-order valence-corrected chi connectivity index (χ0v) is 11.4. The number of aromatic nitrogens is 1. The number of esters is 1. The number of nitrogens with one attached hydrogen (secondary N) is 3. The third-order valence-corrected chi connectivity index (χ3v) is 3.02. The highest BCUT2D eigenvalue weighted by Gasteiger charge is 2.14. The Kier molecular flexibility index (Phi) is 4.24. The van der Waals surface area contributed by atoms with Crippen molar-refractivity contribution < 1.29 is 14.3 Å².